The van der Waals surface area contributed by atoms with Crippen molar-refractivity contribution < 1.29 is 22.7 Å². The van der Waals surface area contributed by atoms with Crippen molar-refractivity contribution in [1.82, 2.24) is 10.4 Å². The number of benzene rings is 1. The largest absolute Gasteiger partial charge is 0.495 e. The fraction of sp³-hybridized carbons (Fsp3) is 0.526. The van der Waals surface area contributed by atoms with E-state index in [0.717, 1.165) is 24.2 Å². The number of nitrogens with one attached hydrogen (secondary N) is 1. The topological polar surface area (TPSA) is 41.6 Å². The first-order chi connectivity index (χ1) is 13.1. The van der Waals surface area contributed by atoms with E-state index in [-0.39, 0.29) is 5.91 Å². The normalized spacial score (nSPS) is 19.6. The highest BCUT2D eigenvalue weighted by Crippen LogP contribution is 2.48. The molecule has 1 unspecified atom stereocenters. The number of unbranched alkanes of at least 4 members (excludes halogenated alkanes) is 1. The molecular weight excluding hydrogens is 457 g/mol. The lowest BCUT2D eigenvalue weighted by Crippen LogP contribution is -2.36. The summed E-state index contributed by atoms with van der Waals surface area (Å²) in [5.74, 6) is 0.345. The van der Waals surface area contributed by atoms with E-state index >= 15 is 0 Å². The Bertz CT molecular complexity index is 882. The molecule has 0 radical (unpaired) electrons. The number of carbonyl (C=O) groups excluding carboxylic acids is 1. The molecule has 1 aromatic heterocycles. The Labute approximate surface area is 174 Å². The molecule has 0 bridgehead atoms. The van der Waals surface area contributed by atoms with Crippen molar-refractivity contribution >= 4 is 43.3 Å². The maximum atomic E-state index is 13.3. The fourth-order valence-corrected chi connectivity index (χ4v) is 4.96. The Morgan fingerprint density at radius 3 is 2.64 bits per heavy atom. The van der Waals surface area contributed by atoms with Gasteiger partial charge in [-0.15, -0.1) is 11.3 Å². The first kappa shape index (κ1) is 21.4. The Kier molecular flexibility index (Phi) is 5.99. The monoisotopic (exact) mass is 478 g/mol. The highest BCUT2D eigenvalue weighted by Gasteiger charge is 2.48. The van der Waals surface area contributed by atoms with E-state index in [2.05, 4.69) is 21.4 Å². The predicted molar refractivity (Wildman–Crippen MR) is 108 cm³/mol. The van der Waals surface area contributed by atoms with Crippen LogP contribution in [-0.2, 0) is 11.0 Å². The Morgan fingerprint density at radius 1 is 1.32 bits per heavy atom. The zero-order valence-corrected chi connectivity index (χ0v) is 18.2. The molecule has 1 saturated heterocycles. The van der Waals surface area contributed by atoms with Gasteiger partial charge in [-0.25, -0.2) is 5.43 Å². The summed E-state index contributed by atoms with van der Waals surface area (Å²) in [5, 5.41) is 2.92. The van der Waals surface area contributed by atoms with Gasteiger partial charge in [0.25, 0.3) is 0 Å². The van der Waals surface area contributed by atoms with E-state index in [1.54, 1.807) is 17.1 Å². The summed E-state index contributed by atoms with van der Waals surface area (Å²) in [5.41, 5.74) is 3.12. The van der Waals surface area contributed by atoms with E-state index in [0.29, 0.717) is 39.3 Å². The van der Waals surface area contributed by atoms with E-state index in [9.17, 15) is 18.0 Å². The van der Waals surface area contributed by atoms with Crippen molar-refractivity contribution in [2.45, 2.75) is 38.9 Å². The number of amides is 1. The van der Waals surface area contributed by atoms with Crippen LogP contribution < -0.4 is 10.2 Å². The predicted octanol–water partition coefficient (Wildman–Crippen LogP) is 5.52. The summed E-state index contributed by atoms with van der Waals surface area (Å²) in [6.45, 7) is 4.20. The second-order valence-corrected chi connectivity index (χ2v) is 9.19. The number of fused-ring (bicyclic) bond motifs is 1. The molecule has 1 aromatic carbocycles. The highest BCUT2D eigenvalue weighted by atomic mass is 79.9. The number of ether oxygens (including phenoxy) is 1. The Balaban J connectivity index is 2.05. The van der Waals surface area contributed by atoms with Crippen LogP contribution in [0.3, 0.4) is 0 Å². The van der Waals surface area contributed by atoms with Crippen molar-refractivity contribution in [3.63, 3.8) is 0 Å². The molecule has 28 heavy (non-hydrogen) atoms. The average Bonchev–Trinajstić information content (AvgIpc) is 3.17. The molecule has 2 heterocycles. The summed E-state index contributed by atoms with van der Waals surface area (Å²) in [7, 11) is 1.44. The van der Waals surface area contributed by atoms with Gasteiger partial charge in [-0.1, -0.05) is 22.0 Å². The van der Waals surface area contributed by atoms with Crippen molar-refractivity contribution in [3.8, 4) is 5.75 Å². The van der Waals surface area contributed by atoms with Gasteiger partial charge in [0.1, 0.15) is 10.6 Å². The molecule has 9 heteroatoms. The van der Waals surface area contributed by atoms with Crippen LogP contribution in [0.15, 0.2) is 18.2 Å². The minimum absolute atomic E-state index is 0.0534. The number of alkyl halides is 4. The van der Waals surface area contributed by atoms with Crippen LogP contribution in [0.2, 0.25) is 0 Å². The highest BCUT2D eigenvalue weighted by molar-refractivity contribution is 9.09. The molecule has 3 rings (SSSR count). The van der Waals surface area contributed by atoms with Crippen molar-refractivity contribution in [2.24, 2.45) is 5.41 Å². The molecule has 1 atom stereocenters. The number of carbonyl (C=O) groups is 1. The van der Waals surface area contributed by atoms with E-state index in [4.69, 9.17) is 4.74 Å². The van der Waals surface area contributed by atoms with Crippen LogP contribution in [0.5, 0.6) is 5.75 Å². The van der Waals surface area contributed by atoms with Gasteiger partial charge in [0.2, 0.25) is 5.91 Å². The first-order valence-electron chi connectivity index (χ1n) is 8.93. The lowest BCUT2D eigenvalue weighted by atomic mass is 9.80. The minimum atomic E-state index is -4.43. The van der Waals surface area contributed by atoms with Gasteiger partial charge in [0.05, 0.1) is 23.3 Å². The molecular formula is C19H22BrF3N2O2S. The number of hydrogen-bond donors (Lipinski definition) is 1. The minimum Gasteiger partial charge on any atom is -0.495 e. The molecule has 0 saturated carbocycles. The molecule has 1 aliphatic rings. The fourth-order valence-electron chi connectivity index (χ4n) is 3.51. The SMILES string of the molecule is COc1ccc(C2NN(CCCCBr)C(=O)C2(C)C)c2cc(C(F)(F)F)sc12. The molecule has 4 nitrogen and oxygen atoms in total. The van der Waals surface area contributed by atoms with E-state index < -0.39 is 22.5 Å². The third-order valence-corrected chi connectivity index (χ3v) is 6.81. The Morgan fingerprint density at radius 2 is 2.04 bits per heavy atom. The quantitative estimate of drug-likeness (QED) is 0.439. The summed E-state index contributed by atoms with van der Waals surface area (Å²) >= 11 is 4.04. The number of rotatable bonds is 6. The van der Waals surface area contributed by atoms with E-state index in [1.165, 1.54) is 7.11 Å². The maximum Gasteiger partial charge on any atom is 0.425 e. The van der Waals surface area contributed by atoms with Crippen molar-refractivity contribution in [3.05, 3.63) is 28.6 Å². The molecule has 0 spiro atoms. The van der Waals surface area contributed by atoms with Gasteiger partial charge in [-0.3, -0.25) is 9.80 Å². The molecule has 1 aliphatic heterocycles. The first-order valence-corrected chi connectivity index (χ1v) is 10.9. The van der Waals surface area contributed by atoms with Gasteiger partial charge in [-0.05, 0) is 44.4 Å². The van der Waals surface area contributed by atoms with Crippen LogP contribution >= 0.6 is 27.3 Å². The van der Waals surface area contributed by atoms with Crippen LogP contribution in [0, 0.1) is 5.41 Å². The summed E-state index contributed by atoms with van der Waals surface area (Å²) < 4.78 is 45.6. The lowest BCUT2D eigenvalue weighted by molar-refractivity contribution is -0.136. The van der Waals surface area contributed by atoms with Gasteiger partial charge >= 0.3 is 6.18 Å². The number of nitrogens with zero attached hydrogens (tertiary/aromatic N) is 1. The van der Waals surface area contributed by atoms with Crippen molar-refractivity contribution in [1.29, 1.82) is 0 Å². The van der Waals surface area contributed by atoms with Crippen LogP contribution in [0.1, 0.15) is 43.2 Å². The van der Waals surface area contributed by atoms with E-state index in [1.807, 2.05) is 13.8 Å². The maximum absolute atomic E-state index is 13.3. The molecule has 1 N–H and O–H groups in total. The zero-order chi connectivity index (χ0) is 20.7. The summed E-state index contributed by atoms with van der Waals surface area (Å²) in [6.07, 6.45) is -2.66. The molecule has 1 amide bonds. The summed E-state index contributed by atoms with van der Waals surface area (Å²) in [6, 6.07) is 4.16. The smallest absolute Gasteiger partial charge is 0.425 e. The third-order valence-electron chi connectivity index (χ3n) is 5.06. The average molecular weight is 479 g/mol. The second kappa shape index (κ2) is 7.84. The zero-order valence-electron chi connectivity index (χ0n) is 15.8. The van der Waals surface area contributed by atoms with Crippen molar-refractivity contribution in [2.75, 3.05) is 19.0 Å². The summed E-state index contributed by atoms with van der Waals surface area (Å²) in [4.78, 5) is 12.2. The molecule has 1 fully saturated rings. The van der Waals surface area contributed by atoms with Crippen LogP contribution in [0.4, 0.5) is 13.2 Å². The number of hydrazine groups is 1. The number of hydrogen-bond acceptors (Lipinski definition) is 4. The molecule has 2 aromatic rings. The van der Waals surface area contributed by atoms with Gasteiger partial charge in [0.15, 0.2) is 0 Å². The van der Waals surface area contributed by atoms with Gasteiger partial charge in [0, 0.05) is 17.3 Å². The van der Waals surface area contributed by atoms with Gasteiger partial charge in [-0.2, -0.15) is 13.2 Å². The lowest BCUT2D eigenvalue weighted by Gasteiger charge is -2.24. The molecule has 0 aliphatic carbocycles. The molecule has 154 valence electrons. The van der Waals surface area contributed by atoms with Crippen LogP contribution in [0.25, 0.3) is 10.1 Å². The standard InChI is InChI=1S/C19H22BrF3N2O2S/c1-18(2)16(24-25(17(18)26)9-5-4-8-20)11-6-7-13(27-3)15-12(11)10-14(28-15)19(21,22)23/h6-7,10,16,24H,4-5,8-9H2,1-3H3. The third kappa shape index (κ3) is 3.76. The number of methoxy groups -OCH3 is 1. The second-order valence-electron chi connectivity index (χ2n) is 7.34. The number of thiophene rings is 1. The van der Waals surface area contributed by atoms with Crippen LogP contribution in [-0.4, -0.2) is 29.9 Å². The number of halogens is 4. The Hall–Kier alpha value is -1.32. The van der Waals surface area contributed by atoms with Gasteiger partial charge < -0.3 is 4.74 Å².